The summed E-state index contributed by atoms with van der Waals surface area (Å²) in [5.41, 5.74) is 2.20. The molecule has 1 N–H and O–H groups in total. The minimum absolute atomic E-state index is 0.0336. The van der Waals surface area contributed by atoms with Gasteiger partial charge < -0.3 is 4.42 Å². The molecule has 1 unspecified atom stereocenters. The molecule has 9 heteroatoms. The highest BCUT2D eigenvalue weighted by molar-refractivity contribution is 7.92. The van der Waals surface area contributed by atoms with Crippen molar-refractivity contribution in [2.45, 2.75) is 40.7 Å². The molecule has 0 saturated carbocycles. The predicted octanol–water partition coefficient (Wildman–Crippen LogP) is 4.31. The molecule has 31 heavy (non-hydrogen) atoms. The highest BCUT2D eigenvalue weighted by Crippen LogP contribution is 2.30. The summed E-state index contributed by atoms with van der Waals surface area (Å²) >= 11 is 5.88. The second-order valence-electron chi connectivity index (χ2n) is 7.49. The average molecular weight is 480 g/mol. The molecule has 1 atom stereocenters. The molecule has 1 aliphatic carbocycles. The Morgan fingerprint density at radius 1 is 0.903 bits per heavy atom. The Morgan fingerprint density at radius 2 is 1.58 bits per heavy atom. The lowest BCUT2D eigenvalue weighted by Gasteiger charge is -2.19. The fraction of sp³-hybridized carbons (Fsp3) is 0.273. The van der Waals surface area contributed by atoms with E-state index in [9.17, 15) is 16.8 Å². The van der Waals surface area contributed by atoms with Crippen molar-refractivity contribution in [2.24, 2.45) is 0 Å². The molecule has 0 radical (unpaired) electrons. The molecule has 3 aromatic rings. The summed E-state index contributed by atoms with van der Waals surface area (Å²) in [6.07, 6.45) is 5.29. The van der Waals surface area contributed by atoms with Gasteiger partial charge in [-0.15, -0.1) is 0 Å². The molecular formula is C22H22ClNO5S2. The molecule has 1 aliphatic rings. The van der Waals surface area contributed by atoms with Crippen LogP contribution in [0.3, 0.4) is 0 Å². The monoisotopic (exact) mass is 479 g/mol. The zero-order chi connectivity index (χ0) is 22.1. The summed E-state index contributed by atoms with van der Waals surface area (Å²) in [6, 6.07) is 13.9. The number of sulfonamides is 1. The molecule has 4 rings (SSSR count). The van der Waals surface area contributed by atoms with Gasteiger partial charge in [0.05, 0.1) is 16.1 Å². The van der Waals surface area contributed by atoms with Crippen molar-refractivity contribution in [1.82, 2.24) is 4.72 Å². The first-order valence-corrected chi connectivity index (χ1v) is 13.3. The fourth-order valence-corrected chi connectivity index (χ4v) is 6.69. The van der Waals surface area contributed by atoms with Crippen molar-refractivity contribution in [1.29, 1.82) is 0 Å². The van der Waals surface area contributed by atoms with Crippen LogP contribution in [0.4, 0.5) is 0 Å². The third-order valence-electron chi connectivity index (χ3n) is 5.47. The van der Waals surface area contributed by atoms with Gasteiger partial charge in [0.15, 0.2) is 9.84 Å². The molecule has 0 fully saturated rings. The summed E-state index contributed by atoms with van der Waals surface area (Å²) in [4.78, 5) is 0.168. The van der Waals surface area contributed by atoms with Crippen LogP contribution in [0.1, 0.15) is 35.0 Å². The molecule has 1 aromatic heterocycles. The van der Waals surface area contributed by atoms with Crippen LogP contribution < -0.4 is 4.72 Å². The summed E-state index contributed by atoms with van der Waals surface area (Å²) in [5.74, 6) is 0.156. The van der Waals surface area contributed by atoms with E-state index in [1.165, 1.54) is 42.2 Å². The number of aryl methyl sites for hydroxylation is 2. The lowest BCUT2D eigenvalue weighted by Crippen LogP contribution is -2.32. The number of furan rings is 1. The van der Waals surface area contributed by atoms with E-state index in [-0.39, 0.29) is 22.1 Å². The number of hydrogen-bond acceptors (Lipinski definition) is 5. The van der Waals surface area contributed by atoms with Crippen LogP contribution in [-0.4, -0.2) is 23.4 Å². The number of fused-ring (bicyclic) bond motifs is 1. The van der Waals surface area contributed by atoms with E-state index in [4.69, 9.17) is 16.0 Å². The molecule has 0 spiro atoms. The largest absolute Gasteiger partial charge is 0.468 e. The van der Waals surface area contributed by atoms with Gasteiger partial charge >= 0.3 is 0 Å². The highest BCUT2D eigenvalue weighted by Gasteiger charge is 2.33. The Hall–Kier alpha value is -2.13. The lowest BCUT2D eigenvalue weighted by atomic mass is 9.92. The first-order valence-electron chi connectivity index (χ1n) is 9.92. The smallest absolute Gasteiger partial charge is 0.240 e. The first kappa shape index (κ1) is 22.1. The third kappa shape index (κ3) is 4.72. The molecule has 0 aliphatic heterocycles. The van der Waals surface area contributed by atoms with Crippen molar-refractivity contribution in [3.8, 4) is 0 Å². The molecule has 2 aromatic carbocycles. The van der Waals surface area contributed by atoms with E-state index in [1.807, 2.05) is 6.07 Å². The van der Waals surface area contributed by atoms with Crippen molar-refractivity contribution in [3.63, 3.8) is 0 Å². The molecule has 6 nitrogen and oxygen atoms in total. The number of benzene rings is 2. The summed E-state index contributed by atoms with van der Waals surface area (Å²) in [6.45, 7) is -0.363. The van der Waals surface area contributed by atoms with Crippen LogP contribution in [0, 0.1) is 0 Å². The Kier molecular flexibility index (Phi) is 6.25. The van der Waals surface area contributed by atoms with Gasteiger partial charge in [0, 0.05) is 11.6 Å². The van der Waals surface area contributed by atoms with Crippen LogP contribution in [0.25, 0.3) is 0 Å². The quantitative estimate of drug-likeness (QED) is 0.545. The maximum Gasteiger partial charge on any atom is 0.240 e. The Labute approximate surface area is 187 Å². The second kappa shape index (κ2) is 8.78. The maximum atomic E-state index is 13.2. The molecule has 0 saturated heterocycles. The number of nitrogens with one attached hydrogen (secondary N) is 1. The van der Waals surface area contributed by atoms with Crippen LogP contribution in [0.15, 0.2) is 75.1 Å². The third-order valence-corrected chi connectivity index (χ3v) is 9.22. The Morgan fingerprint density at radius 3 is 2.26 bits per heavy atom. The van der Waals surface area contributed by atoms with Crippen molar-refractivity contribution in [3.05, 3.63) is 82.8 Å². The van der Waals surface area contributed by atoms with Gasteiger partial charge in [0.2, 0.25) is 10.0 Å². The predicted molar refractivity (Wildman–Crippen MR) is 118 cm³/mol. The van der Waals surface area contributed by atoms with E-state index in [0.717, 1.165) is 31.2 Å². The van der Waals surface area contributed by atoms with Crippen LogP contribution >= 0.6 is 11.6 Å². The van der Waals surface area contributed by atoms with Crippen molar-refractivity contribution < 1.29 is 21.3 Å². The van der Waals surface area contributed by atoms with Gasteiger partial charge in [0.1, 0.15) is 11.0 Å². The SMILES string of the molecule is O=S(=O)(NCC(c1ccco1)S(=O)(=O)c1ccc(Cl)cc1)c1ccc2c(c1)CCCC2. The molecule has 164 valence electrons. The summed E-state index contributed by atoms with van der Waals surface area (Å²) in [5, 5.41) is -0.822. The fourth-order valence-electron chi connectivity index (χ4n) is 3.77. The molecular weight excluding hydrogens is 458 g/mol. The minimum Gasteiger partial charge on any atom is -0.468 e. The van der Waals surface area contributed by atoms with E-state index in [1.54, 1.807) is 18.2 Å². The van der Waals surface area contributed by atoms with E-state index in [0.29, 0.717) is 5.02 Å². The number of halogens is 1. The Bertz CT molecular complexity index is 1270. The second-order valence-corrected chi connectivity index (χ2v) is 11.8. The standard InChI is InChI=1S/C22H22ClNO5S2/c23-18-8-11-19(12-9-18)30(25,26)22(21-6-3-13-29-21)15-24-31(27,28)20-10-7-16-4-1-2-5-17(16)14-20/h3,6-14,22,24H,1-2,4-5,15H2. The van der Waals surface area contributed by atoms with Gasteiger partial charge in [-0.05, 0) is 85.3 Å². The minimum atomic E-state index is -3.94. The normalized spacial score (nSPS) is 15.4. The first-order chi connectivity index (χ1) is 14.8. The van der Waals surface area contributed by atoms with E-state index in [2.05, 4.69) is 4.72 Å². The van der Waals surface area contributed by atoms with E-state index < -0.39 is 25.1 Å². The number of rotatable bonds is 7. The van der Waals surface area contributed by atoms with Crippen molar-refractivity contribution in [2.75, 3.05) is 6.54 Å². The zero-order valence-electron chi connectivity index (χ0n) is 16.6. The van der Waals surface area contributed by atoms with Crippen LogP contribution in [0.2, 0.25) is 5.02 Å². The zero-order valence-corrected chi connectivity index (χ0v) is 19.0. The molecule has 0 bridgehead atoms. The van der Waals surface area contributed by atoms with Crippen LogP contribution in [-0.2, 0) is 32.7 Å². The van der Waals surface area contributed by atoms with Gasteiger partial charge in [-0.1, -0.05) is 17.7 Å². The maximum absolute atomic E-state index is 13.2. The average Bonchev–Trinajstić information content (AvgIpc) is 3.28. The van der Waals surface area contributed by atoms with Crippen molar-refractivity contribution >= 4 is 31.5 Å². The van der Waals surface area contributed by atoms with Gasteiger partial charge in [-0.2, -0.15) is 0 Å². The molecule has 1 heterocycles. The van der Waals surface area contributed by atoms with Gasteiger partial charge in [-0.25, -0.2) is 21.6 Å². The summed E-state index contributed by atoms with van der Waals surface area (Å²) < 4.78 is 60.2. The van der Waals surface area contributed by atoms with Gasteiger partial charge in [0.25, 0.3) is 0 Å². The highest BCUT2D eigenvalue weighted by atomic mass is 35.5. The summed E-state index contributed by atoms with van der Waals surface area (Å²) in [7, 11) is -7.85. The number of sulfone groups is 1. The van der Waals surface area contributed by atoms with Gasteiger partial charge in [-0.3, -0.25) is 0 Å². The number of hydrogen-bond donors (Lipinski definition) is 1. The molecule has 0 amide bonds. The Balaban J connectivity index is 1.62. The van der Waals surface area contributed by atoms with E-state index >= 15 is 0 Å². The topological polar surface area (TPSA) is 93.4 Å². The lowest BCUT2D eigenvalue weighted by molar-refractivity contribution is 0.486. The van der Waals surface area contributed by atoms with Crippen LogP contribution in [0.5, 0.6) is 0 Å².